The van der Waals surface area contributed by atoms with E-state index in [1.165, 1.54) is 19.3 Å². The van der Waals surface area contributed by atoms with Gasteiger partial charge >= 0.3 is 12.0 Å². The molecule has 0 heterocycles. The van der Waals surface area contributed by atoms with Crippen LogP contribution in [0.3, 0.4) is 0 Å². The van der Waals surface area contributed by atoms with Gasteiger partial charge in [-0.25, -0.2) is 9.59 Å². The quantitative estimate of drug-likeness (QED) is 0.531. The lowest BCUT2D eigenvalue weighted by molar-refractivity contribution is -0.143. The third kappa shape index (κ3) is 8.75. The van der Waals surface area contributed by atoms with Crippen molar-refractivity contribution < 1.29 is 28.6 Å². The number of imide groups is 1. The number of ether oxygens (including phenoxy) is 3. The molecule has 8 heteroatoms. The number of hydrogen-bond acceptors (Lipinski definition) is 6. The Bertz CT molecular complexity index is 697. The van der Waals surface area contributed by atoms with Crippen molar-refractivity contribution in [2.24, 2.45) is 0 Å². The van der Waals surface area contributed by atoms with Gasteiger partial charge in [0.1, 0.15) is 0 Å². The van der Waals surface area contributed by atoms with Crippen molar-refractivity contribution in [2.45, 2.75) is 39.8 Å². The molecule has 0 fully saturated rings. The van der Waals surface area contributed by atoms with Crippen LogP contribution in [0.5, 0.6) is 11.5 Å². The second-order valence-corrected chi connectivity index (χ2v) is 6.19. The molecular weight excluding hydrogens is 352 g/mol. The minimum absolute atomic E-state index is 0.00374. The summed E-state index contributed by atoms with van der Waals surface area (Å²) in [6.07, 6.45) is 2.70. The zero-order valence-corrected chi connectivity index (χ0v) is 16.2. The van der Waals surface area contributed by atoms with Gasteiger partial charge in [0.2, 0.25) is 0 Å². The van der Waals surface area contributed by atoms with Crippen LogP contribution in [0, 0.1) is 0 Å². The number of carbonyl (C=O) groups excluding carboxylic acids is 3. The second kappa shape index (κ2) is 10.8. The summed E-state index contributed by atoms with van der Waals surface area (Å²) in [4.78, 5) is 34.6. The third-order valence-electron chi connectivity index (χ3n) is 2.98. The van der Waals surface area contributed by atoms with E-state index in [9.17, 15) is 14.4 Å². The molecule has 0 atom stereocenters. The molecule has 0 bridgehead atoms. The van der Waals surface area contributed by atoms with Crippen molar-refractivity contribution in [1.82, 2.24) is 10.6 Å². The minimum Gasteiger partial charge on any atom is -0.493 e. The normalized spacial score (nSPS) is 10.8. The Hall–Kier alpha value is -3.03. The highest BCUT2D eigenvalue weighted by molar-refractivity contribution is 5.96. The smallest absolute Gasteiger partial charge is 0.331 e. The third-order valence-corrected chi connectivity index (χ3v) is 2.98. The topological polar surface area (TPSA) is 103 Å². The molecule has 8 nitrogen and oxygen atoms in total. The van der Waals surface area contributed by atoms with Crippen molar-refractivity contribution in [3.05, 3.63) is 29.8 Å². The number of rotatable bonds is 8. The van der Waals surface area contributed by atoms with Gasteiger partial charge in [0.15, 0.2) is 18.1 Å². The van der Waals surface area contributed by atoms with Crippen LogP contribution in [0.1, 0.15) is 33.3 Å². The molecule has 0 saturated carbocycles. The zero-order valence-electron chi connectivity index (χ0n) is 16.2. The summed E-state index contributed by atoms with van der Waals surface area (Å²) in [5.41, 5.74) is 0.695. The number of carbonyl (C=O) groups is 3. The maximum atomic E-state index is 11.7. The van der Waals surface area contributed by atoms with Crippen LogP contribution in [-0.4, -0.2) is 43.8 Å². The Kier molecular flexibility index (Phi) is 8.84. The molecule has 148 valence electrons. The van der Waals surface area contributed by atoms with Crippen LogP contribution < -0.4 is 20.1 Å². The van der Waals surface area contributed by atoms with Gasteiger partial charge in [0, 0.05) is 12.1 Å². The molecule has 0 saturated heterocycles. The fraction of sp³-hybridized carbons (Fsp3) is 0.421. The predicted octanol–water partition coefficient (Wildman–Crippen LogP) is 2.27. The number of nitrogens with one attached hydrogen (secondary N) is 2. The fourth-order valence-electron chi connectivity index (χ4n) is 1.95. The molecule has 0 aliphatic rings. The lowest BCUT2D eigenvalue weighted by Gasteiger charge is -2.13. The predicted molar refractivity (Wildman–Crippen MR) is 101 cm³/mol. The average Bonchev–Trinajstić information content (AvgIpc) is 2.57. The van der Waals surface area contributed by atoms with E-state index in [1.807, 2.05) is 13.8 Å². The van der Waals surface area contributed by atoms with E-state index in [4.69, 9.17) is 14.2 Å². The van der Waals surface area contributed by atoms with Crippen LogP contribution in [0.15, 0.2) is 24.3 Å². The number of urea groups is 1. The number of amides is 3. The van der Waals surface area contributed by atoms with Crippen molar-refractivity contribution in [3.63, 3.8) is 0 Å². The van der Waals surface area contributed by atoms with Crippen molar-refractivity contribution in [3.8, 4) is 11.5 Å². The fourth-order valence-corrected chi connectivity index (χ4v) is 1.95. The standard InChI is InChI=1S/C19H26N2O6/c1-12(2)20-19(24)21-17(22)11-26-18(23)9-7-14-6-8-15(27-13(3)4)16(10-14)25-5/h6-10,12-13H,11H2,1-5H3,(H2,20,21,22,24)/b9-7+. The zero-order chi connectivity index (χ0) is 20.4. The summed E-state index contributed by atoms with van der Waals surface area (Å²) in [5.74, 6) is -0.291. The van der Waals surface area contributed by atoms with Crippen molar-refractivity contribution >= 4 is 24.0 Å². The van der Waals surface area contributed by atoms with E-state index < -0.39 is 24.5 Å². The van der Waals surface area contributed by atoms with Crippen molar-refractivity contribution in [2.75, 3.05) is 13.7 Å². The van der Waals surface area contributed by atoms with Gasteiger partial charge in [-0.1, -0.05) is 6.07 Å². The highest BCUT2D eigenvalue weighted by Crippen LogP contribution is 2.29. The van der Waals surface area contributed by atoms with E-state index >= 15 is 0 Å². The molecule has 3 amide bonds. The molecule has 0 unspecified atom stereocenters. The largest absolute Gasteiger partial charge is 0.493 e. The molecule has 0 aliphatic heterocycles. The molecule has 1 aromatic carbocycles. The van der Waals surface area contributed by atoms with Gasteiger partial charge in [-0.3, -0.25) is 10.1 Å². The first kappa shape index (κ1) is 22.0. The van der Waals surface area contributed by atoms with Gasteiger partial charge in [-0.2, -0.15) is 0 Å². The molecule has 0 radical (unpaired) electrons. The Labute approximate surface area is 158 Å². The summed E-state index contributed by atoms with van der Waals surface area (Å²) in [6.45, 7) is 6.77. The summed E-state index contributed by atoms with van der Waals surface area (Å²) < 4.78 is 15.7. The Morgan fingerprint density at radius 1 is 1.11 bits per heavy atom. The summed E-state index contributed by atoms with van der Waals surface area (Å²) >= 11 is 0. The lowest BCUT2D eigenvalue weighted by Crippen LogP contribution is -2.43. The van der Waals surface area contributed by atoms with E-state index in [-0.39, 0.29) is 12.1 Å². The number of hydrogen-bond donors (Lipinski definition) is 2. The number of benzene rings is 1. The van der Waals surface area contributed by atoms with Crippen LogP contribution in [0.25, 0.3) is 6.08 Å². The van der Waals surface area contributed by atoms with Crippen LogP contribution >= 0.6 is 0 Å². The van der Waals surface area contributed by atoms with Crippen molar-refractivity contribution in [1.29, 1.82) is 0 Å². The van der Waals surface area contributed by atoms with Gasteiger partial charge in [-0.15, -0.1) is 0 Å². The molecule has 2 N–H and O–H groups in total. The highest BCUT2D eigenvalue weighted by Gasteiger charge is 2.10. The average molecular weight is 378 g/mol. The summed E-state index contributed by atoms with van der Waals surface area (Å²) in [6, 6.07) is 4.46. The number of esters is 1. The monoisotopic (exact) mass is 378 g/mol. The van der Waals surface area contributed by atoms with E-state index in [0.29, 0.717) is 17.1 Å². The van der Waals surface area contributed by atoms with E-state index in [2.05, 4.69) is 10.6 Å². The first-order chi connectivity index (χ1) is 12.7. The second-order valence-electron chi connectivity index (χ2n) is 6.19. The Morgan fingerprint density at radius 2 is 1.81 bits per heavy atom. The van der Waals surface area contributed by atoms with E-state index in [0.717, 1.165) is 0 Å². The SMILES string of the molecule is COc1cc(/C=C/C(=O)OCC(=O)NC(=O)NC(C)C)ccc1OC(C)C. The molecule has 1 rings (SSSR count). The van der Waals surface area contributed by atoms with Gasteiger partial charge in [0.05, 0.1) is 13.2 Å². The first-order valence-electron chi connectivity index (χ1n) is 8.51. The van der Waals surface area contributed by atoms with E-state index in [1.54, 1.807) is 32.0 Å². The summed E-state index contributed by atoms with van der Waals surface area (Å²) in [5, 5.41) is 4.54. The Balaban J connectivity index is 2.55. The van der Waals surface area contributed by atoms with Gasteiger partial charge in [0.25, 0.3) is 5.91 Å². The summed E-state index contributed by atoms with van der Waals surface area (Å²) in [7, 11) is 1.53. The Morgan fingerprint density at radius 3 is 2.41 bits per heavy atom. The highest BCUT2D eigenvalue weighted by atomic mass is 16.5. The molecule has 0 aliphatic carbocycles. The van der Waals surface area contributed by atoms with Gasteiger partial charge in [-0.05, 0) is 51.5 Å². The van der Waals surface area contributed by atoms with Crippen LogP contribution in [-0.2, 0) is 14.3 Å². The van der Waals surface area contributed by atoms with Gasteiger partial charge < -0.3 is 19.5 Å². The lowest BCUT2D eigenvalue weighted by atomic mass is 10.2. The first-order valence-corrected chi connectivity index (χ1v) is 8.51. The molecule has 0 spiro atoms. The molecule has 0 aromatic heterocycles. The maximum Gasteiger partial charge on any atom is 0.331 e. The number of methoxy groups -OCH3 is 1. The molecule has 1 aromatic rings. The van der Waals surface area contributed by atoms with Crippen LogP contribution in [0.2, 0.25) is 0 Å². The van der Waals surface area contributed by atoms with Crippen LogP contribution in [0.4, 0.5) is 4.79 Å². The molecular formula is C19H26N2O6. The molecule has 27 heavy (non-hydrogen) atoms. The minimum atomic E-state index is -0.716. The maximum absolute atomic E-state index is 11.7.